The molecule has 4 aromatic rings. The molecule has 1 fully saturated rings. The van der Waals surface area contributed by atoms with Gasteiger partial charge in [0.15, 0.2) is 16.6 Å². The molecule has 1 heterocycles. The van der Waals surface area contributed by atoms with E-state index in [-0.39, 0.29) is 27.1 Å². The summed E-state index contributed by atoms with van der Waals surface area (Å²) in [6, 6.07) is 28.3. The van der Waals surface area contributed by atoms with E-state index in [2.05, 4.69) is 0 Å². The average molecular weight is 585 g/mol. The minimum atomic E-state index is -4.13. The number of hydrogen-bond acceptors (Lipinski definition) is 7. The number of aryl methyl sites for hydroxylation is 1. The Morgan fingerprint density at radius 2 is 1.27 bits per heavy atom. The van der Waals surface area contributed by atoms with Crippen LogP contribution in [0.3, 0.4) is 0 Å². The van der Waals surface area contributed by atoms with Crippen molar-refractivity contribution in [3.63, 3.8) is 0 Å². The highest BCUT2D eigenvalue weighted by Gasteiger charge is 2.41. The molecule has 0 aromatic heterocycles. The summed E-state index contributed by atoms with van der Waals surface area (Å²) in [5.41, 5.74) is 2.18. The minimum absolute atomic E-state index is 0.00674. The lowest BCUT2D eigenvalue weighted by atomic mass is 10.0. The average Bonchev–Trinajstić information content (AvgIpc) is 2.97. The van der Waals surface area contributed by atoms with Crippen molar-refractivity contribution < 1.29 is 26.9 Å². The second-order valence-corrected chi connectivity index (χ2v) is 11.0. The summed E-state index contributed by atoms with van der Waals surface area (Å²) >= 11 is 5.63. The summed E-state index contributed by atoms with van der Waals surface area (Å²) in [4.78, 5) is 30.0. The Morgan fingerprint density at radius 1 is 0.732 bits per heavy atom. The van der Waals surface area contributed by atoms with Crippen LogP contribution in [0.2, 0.25) is 0 Å². The third-order valence-electron chi connectivity index (χ3n) is 6.29. The molecular formula is C31H24N2O6S2. The first-order chi connectivity index (χ1) is 19.7. The van der Waals surface area contributed by atoms with Gasteiger partial charge in [-0.2, -0.15) is 8.42 Å². The van der Waals surface area contributed by atoms with Crippen molar-refractivity contribution in [3.05, 3.63) is 120 Å². The molecule has 0 radical (unpaired) electrons. The highest BCUT2D eigenvalue weighted by atomic mass is 32.2. The number of anilines is 2. The summed E-state index contributed by atoms with van der Waals surface area (Å²) in [6.45, 7) is 1.85. The lowest BCUT2D eigenvalue weighted by Gasteiger charge is -2.36. The van der Waals surface area contributed by atoms with E-state index in [9.17, 15) is 18.0 Å². The van der Waals surface area contributed by atoms with E-state index in [1.54, 1.807) is 60.7 Å². The quantitative estimate of drug-likeness (QED) is 0.122. The van der Waals surface area contributed by atoms with Gasteiger partial charge in [-0.05, 0) is 79.3 Å². The molecule has 2 amide bonds. The van der Waals surface area contributed by atoms with Crippen LogP contribution in [-0.4, -0.2) is 32.5 Å². The van der Waals surface area contributed by atoms with Gasteiger partial charge in [0.05, 0.1) is 18.5 Å². The van der Waals surface area contributed by atoms with Crippen molar-refractivity contribution in [2.75, 3.05) is 16.9 Å². The Hall–Kier alpha value is -4.80. The Kier molecular flexibility index (Phi) is 7.69. The Morgan fingerprint density at radius 3 is 1.78 bits per heavy atom. The zero-order valence-corrected chi connectivity index (χ0v) is 23.7. The summed E-state index contributed by atoms with van der Waals surface area (Å²) in [5.74, 6) is -1.14. The maximum atomic E-state index is 13.7. The summed E-state index contributed by atoms with van der Waals surface area (Å²) in [6.07, 6.45) is 1.42. The fraction of sp³-hybridized carbons (Fsp3) is 0.0645. The molecule has 1 saturated heterocycles. The topological polar surface area (TPSA) is 93.2 Å². The van der Waals surface area contributed by atoms with E-state index in [0.717, 1.165) is 5.56 Å². The number of thiocarbonyl (C=S) groups is 1. The predicted octanol–water partition coefficient (Wildman–Crippen LogP) is 5.52. The molecule has 206 valence electrons. The predicted molar refractivity (Wildman–Crippen MR) is 160 cm³/mol. The van der Waals surface area contributed by atoms with Crippen LogP contribution in [0.25, 0.3) is 6.08 Å². The Labute approximate surface area is 243 Å². The molecule has 10 heteroatoms. The normalized spacial score (nSPS) is 13.8. The molecule has 0 saturated carbocycles. The van der Waals surface area contributed by atoms with Gasteiger partial charge in [-0.1, -0.05) is 60.2 Å². The molecule has 0 aliphatic carbocycles. The van der Waals surface area contributed by atoms with Gasteiger partial charge < -0.3 is 8.92 Å². The molecule has 0 spiro atoms. The van der Waals surface area contributed by atoms with Gasteiger partial charge in [-0.25, -0.2) is 0 Å². The van der Waals surface area contributed by atoms with Crippen LogP contribution < -0.4 is 18.7 Å². The summed E-state index contributed by atoms with van der Waals surface area (Å²) in [5, 5.41) is 0.0252. The molecule has 8 nitrogen and oxygen atoms in total. The monoisotopic (exact) mass is 584 g/mol. The van der Waals surface area contributed by atoms with Crippen molar-refractivity contribution in [2.45, 2.75) is 11.8 Å². The van der Waals surface area contributed by atoms with E-state index in [1.165, 1.54) is 53.3 Å². The zero-order chi connectivity index (χ0) is 29.1. The van der Waals surface area contributed by atoms with Crippen LogP contribution in [0.1, 0.15) is 11.1 Å². The van der Waals surface area contributed by atoms with Crippen LogP contribution in [0.4, 0.5) is 11.4 Å². The fourth-order valence-electron chi connectivity index (χ4n) is 4.22. The molecule has 41 heavy (non-hydrogen) atoms. The summed E-state index contributed by atoms with van der Waals surface area (Å²) < 4.78 is 36.4. The number of carbonyl (C=O) groups excluding carboxylic acids is 2. The molecular weight excluding hydrogens is 560 g/mol. The summed E-state index contributed by atoms with van der Waals surface area (Å²) in [7, 11) is -2.77. The molecule has 0 N–H and O–H groups in total. The smallest absolute Gasteiger partial charge is 0.339 e. The van der Waals surface area contributed by atoms with Gasteiger partial charge >= 0.3 is 10.1 Å². The lowest BCUT2D eigenvalue weighted by Crippen LogP contribution is -2.56. The molecule has 0 bridgehead atoms. The van der Waals surface area contributed by atoms with Crippen molar-refractivity contribution in [3.8, 4) is 11.5 Å². The zero-order valence-electron chi connectivity index (χ0n) is 22.1. The van der Waals surface area contributed by atoms with Crippen LogP contribution in [0, 0.1) is 6.92 Å². The molecule has 1 aliphatic rings. The van der Waals surface area contributed by atoms with Gasteiger partial charge in [0, 0.05) is 0 Å². The van der Waals surface area contributed by atoms with Gasteiger partial charge in [0.2, 0.25) is 0 Å². The highest BCUT2D eigenvalue weighted by Crippen LogP contribution is 2.34. The molecule has 0 unspecified atom stereocenters. The number of para-hydroxylation sites is 2. The Bertz CT molecular complexity index is 1710. The number of methoxy groups -OCH3 is 1. The first-order valence-electron chi connectivity index (χ1n) is 12.4. The van der Waals surface area contributed by atoms with E-state index < -0.39 is 21.9 Å². The number of nitrogens with zero attached hydrogens (tertiary/aromatic N) is 2. The SMILES string of the molecule is COc1cc(C=C2C(=O)N(c3ccccc3)C(=S)N(c3ccccc3)C2=O)ccc1OS(=O)(=O)c1ccc(C)cc1. The maximum absolute atomic E-state index is 13.7. The molecule has 4 aromatic carbocycles. The van der Waals surface area contributed by atoms with Crippen LogP contribution in [0.15, 0.2) is 114 Å². The van der Waals surface area contributed by atoms with Crippen LogP contribution in [-0.2, 0) is 19.7 Å². The third kappa shape index (κ3) is 5.60. The fourth-order valence-corrected chi connectivity index (χ4v) is 5.54. The lowest BCUT2D eigenvalue weighted by molar-refractivity contribution is -0.120. The minimum Gasteiger partial charge on any atom is -0.493 e. The first-order valence-corrected chi connectivity index (χ1v) is 14.2. The first kappa shape index (κ1) is 27.8. The van der Waals surface area contributed by atoms with Gasteiger partial charge in [0.1, 0.15) is 10.5 Å². The van der Waals surface area contributed by atoms with Crippen LogP contribution >= 0.6 is 12.2 Å². The second-order valence-electron chi connectivity index (χ2n) is 9.05. The van der Waals surface area contributed by atoms with Crippen molar-refractivity contribution in [2.24, 2.45) is 0 Å². The van der Waals surface area contributed by atoms with E-state index in [4.69, 9.17) is 21.1 Å². The molecule has 5 rings (SSSR count). The maximum Gasteiger partial charge on any atom is 0.339 e. The van der Waals surface area contributed by atoms with Gasteiger partial charge in [-0.15, -0.1) is 0 Å². The number of amides is 2. The number of rotatable bonds is 7. The number of benzene rings is 4. The largest absolute Gasteiger partial charge is 0.493 e. The van der Waals surface area contributed by atoms with Crippen molar-refractivity contribution in [1.82, 2.24) is 0 Å². The molecule has 0 atom stereocenters. The van der Waals surface area contributed by atoms with E-state index in [0.29, 0.717) is 16.9 Å². The molecule has 1 aliphatic heterocycles. The van der Waals surface area contributed by atoms with Gasteiger partial charge in [0.25, 0.3) is 11.8 Å². The highest BCUT2D eigenvalue weighted by molar-refractivity contribution is 7.87. The number of hydrogen-bond donors (Lipinski definition) is 0. The second kappa shape index (κ2) is 11.4. The Balaban J connectivity index is 1.54. The number of carbonyl (C=O) groups is 2. The van der Waals surface area contributed by atoms with Gasteiger partial charge in [-0.3, -0.25) is 19.4 Å². The van der Waals surface area contributed by atoms with E-state index in [1.807, 2.05) is 19.1 Å². The standard InChI is InChI=1S/C31H24N2O6S2/c1-21-13-16-25(17-14-21)41(36,37)39-27-18-15-22(20-28(27)38-2)19-26-29(34)32(23-9-5-3-6-10-23)31(40)33(30(26)35)24-11-7-4-8-12-24/h3-20H,1-2H3. The third-order valence-corrected chi connectivity index (χ3v) is 7.90. The van der Waals surface area contributed by atoms with Crippen molar-refractivity contribution in [1.29, 1.82) is 0 Å². The van der Waals surface area contributed by atoms with Crippen LogP contribution in [0.5, 0.6) is 11.5 Å². The van der Waals surface area contributed by atoms with Crippen molar-refractivity contribution >= 4 is 56.7 Å². The van der Waals surface area contributed by atoms with E-state index >= 15 is 0 Å². The number of ether oxygens (including phenoxy) is 1.